The van der Waals surface area contributed by atoms with Gasteiger partial charge >= 0.3 is 5.97 Å². The molecule has 2 heterocycles. The van der Waals surface area contributed by atoms with Crippen molar-refractivity contribution in [2.75, 3.05) is 6.79 Å². The molecule has 112 valence electrons. The summed E-state index contributed by atoms with van der Waals surface area (Å²) in [5.74, 6) is -0.318. The van der Waals surface area contributed by atoms with Crippen LogP contribution in [-0.2, 0) is 19.0 Å². The van der Waals surface area contributed by atoms with Crippen LogP contribution in [0.25, 0.3) is 0 Å². The first kappa shape index (κ1) is 14.1. The first-order chi connectivity index (χ1) is 9.72. The van der Waals surface area contributed by atoms with Gasteiger partial charge in [-0.3, -0.25) is 4.79 Å². The zero-order valence-corrected chi connectivity index (χ0v) is 12.2. The summed E-state index contributed by atoms with van der Waals surface area (Å²) in [7, 11) is 0. The van der Waals surface area contributed by atoms with Crippen molar-refractivity contribution < 1.29 is 19.0 Å². The van der Waals surface area contributed by atoms with Crippen molar-refractivity contribution in [3.63, 3.8) is 0 Å². The summed E-state index contributed by atoms with van der Waals surface area (Å²) in [5, 5.41) is 0. The van der Waals surface area contributed by atoms with Gasteiger partial charge in [-0.25, -0.2) is 0 Å². The van der Waals surface area contributed by atoms with E-state index >= 15 is 0 Å². The van der Waals surface area contributed by atoms with Crippen LogP contribution in [0.1, 0.15) is 51.9 Å². The van der Waals surface area contributed by atoms with Crippen LogP contribution in [0.4, 0.5) is 0 Å². The van der Waals surface area contributed by atoms with Gasteiger partial charge in [-0.2, -0.15) is 0 Å². The largest absolute Gasteiger partial charge is 0.438 e. The fourth-order valence-corrected chi connectivity index (χ4v) is 3.62. The Labute approximate surface area is 120 Å². The third-order valence-corrected chi connectivity index (χ3v) is 5.01. The summed E-state index contributed by atoms with van der Waals surface area (Å²) >= 11 is 0. The van der Waals surface area contributed by atoms with E-state index in [-0.39, 0.29) is 36.5 Å². The highest BCUT2D eigenvalue weighted by molar-refractivity contribution is 5.74. The average Bonchev–Trinajstić information content (AvgIpc) is 3.11. The topological polar surface area (TPSA) is 44.8 Å². The first-order valence-corrected chi connectivity index (χ1v) is 7.87. The average molecular weight is 280 g/mol. The molecular formula is C16H24O4. The van der Waals surface area contributed by atoms with Crippen LogP contribution in [0.2, 0.25) is 0 Å². The molecule has 4 nitrogen and oxygen atoms in total. The monoisotopic (exact) mass is 280 g/mol. The van der Waals surface area contributed by atoms with E-state index in [0.717, 1.165) is 25.7 Å². The van der Waals surface area contributed by atoms with E-state index in [0.29, 0.717) is 0 Å². The Balaban J connectivity index is 1.45. The van der Waals surface area contributed by atoms with Gasteiger partial charge in [0.05, 0.1) is 23.7 Å². The van der Waals surface area contributed by atoms with Gasteiger partial charge in [-0.05, 0) is 25.7 Å². The third kappa shape index (κ3) is 2.77. The van der Waals surface area contributed by atoms with E-state index in [1.807, 2.05) is 12.2 Å². The fraction of sp³-hybridized carbons (Fsp3) is 0.812. The predicted molar refractivity (Wildman–Crippen MR) is 74.1 cm³/mol. The zero-order valence-electron chi connectivity index (χ0n) is 12.2. The molecule has 0 amide bonds. The summed E-state index contributed by atoms with van der Waals surface area (Å²) in [6.45, 7) is 2.24. The number of hydrogen-bond donors (Lipinski definition) is 0. The van der Waals surface area contributed by atoms with E-state index in [1.54, 1.807) is 0 Å². The molecule has 0 aromatic carbocycles. The Morgan fingerprint density at radius 2 is 2.10 bits per heavy atom. The van der Waals surface area contributed by atoms with Gasteiger partial charge in [0.2, 0.25) is 0 Å². The number of carbonyl (C=O) groups is 1. The van der Waals surface area contributed by atoms with Gasteiger partial charge in [0, 0.05) is 0 Å². The molecule has 0 aromatic heterocycles. The quantitative estimate of drug-likeness (QED) is 0.441. The van der Waals surface area contributed by atoms with Gasteiger partial charge in [0.25, 0.3) is 0 Å². The van der Waals surface area contributed by atoms with E-state index < -0.39 is 0 Å². The molecule has 4 heteroatoms. The number of rotatable bonds is 5. The lowest BCUT2D eigenvalue weighted by Crippen LogP contribution is -2.36. The third-order valence-electron chi connectivity index (χ3n) is 5.01. The molecule has 3 unspecified atom stereocenters. The number of ether oxygens (including phenoxy) is 3. The minimum atomic E-state index is -0.177. The summed E-state index contributed by atoms with van der Waals surface area (Å²) in [6, 6.07) is 0. The maximum atomic E-state index is 12.1. The summed E-state index contributed by atoms with van der Waals surface area (Å²) < 4.78 is 16.9. The molecule has 3 rings (SSSR count). The Hall–Kier alpha value is -0.870. The predicted octanol–water partition coefficient (Wildman–Crippen LogP) is 2.96. The fourth-order valence-electron chi connectivity index (χ4n) is 3.62. The molecule has 1 saturated heterocycles. The summed E-state index contributed by atoms with van der Waals surface area (Å²) in [6.07, 6.45) is 11.7. The Bertz CT molecular complexity index is 384. The van der Waals surface area contributed by atoms with Gasteiger partial charge in [-0.15, -0.1) is 0 Å². The van der Waals surface area contributed by atoms with Crippen LogP contribution in [0.3, 0.4) is 0 Å². The van der Waals surface area contributed by atoms with E-state index in [4.69, 9.17) is 14.2 Å². The molecule has 0 aromatic rings. The van der Waals surface area contributed by atoms with Crippen LogP contribution in [0.15, 0.2) is 12.2 Å². The van der Waals surface area contributed by atoms with Crippen LogP contribution in [0.5, 0.6) is 0 Å². The number of carbonyl (C=O) groups excluding carboxylic acids is 1. The maximum absolute atomic E-state index is 12.1. The molecule has 1 saturated carbocycles. The van der Waals surface area contributed by atoms with Gasteiger partial charge < -0.3 is 14.2 Å². The number of esters is 1. The second-order valence-electron chi connectivity index (χ2n) is 6.19. The lowest BCUT2D eigenvalue weighted by atomic mass is 9.83. The van der Waals surface area contributed by atoms with E-state index in [2.05, 4.69) is 6.92 Å². The van der Waals surface area contributed by atoms with Crippen molar-refractivity contribution in [3.05, 3.63) is 12.2 Å². The first-order valence-electron chi connectivity index (χ1n) is 7.87. The van der Waals surface area contributed by atoms with E-state index in [9.17, 15) is 4.79 Å². The molecule has 2 bridgehead atoms. The maximum Gasteiger partial charge on any atom is 0.314 e. The molecule has 0 radical (unpaired) electrons. The number of fused-ring (bicyclic) bond motifs is 2. The van der Waals surface area contributed by atoms with Crippen molar-refractivity contribution in [3.8, 4) is 0 Å². The lowest BCUT2D eigenvalue weighted by Gasteiger charge is -2.36. The van der Waals surface area contributed by atoms with Crippen molar-refractivity contribution in [1.82, 2.24) is 0 Å². The minimum absolute atomic E-state index is 0.0659. The van der Waals surface area contributed by atoms with Crippen molar-refractivity contribution in [2.45, 2.75) is 69.7 Å². The molecule has 1 aliphatic carbocycles. The molecule has 2 aliphatic heterocycles. The Kier molecular flexibility index (Phi) is 4.13. The molecule has 3 aliphatic rings. The molecular weight excluding hydrogens is 256 g/mol. The highest BCUT2D eigenvalue weighted by atomic mass is 16.7. The van der Waals surface area contributed by atoms with Crippen molar-refractivity contribution >= 4 is 5.97 Å². The molecule has 3 atom stereocenters. The molecule has 0 spiro atoms. The Morgan fingerprint density at radius 3 is 2.70 bits per heavy atom. The van der Waals surface area contributed by atoms with Crippen molar-refractivity contribution in [2.24, 2.45) is 5.92 Å². The lowest BCUT2D eigenvalue weighted by molar-refractivity contribution is -0.183. The van der Waals surface area contributed by atoms with Crippen LogP contribution < -0.4 is 0 Å². The van der Waals surface area contributed by atoms with Crippen LogP contribution in [0, 0.1) is 5.92 Å². The SMILES string of the molecule is CCC1(OCOC(=O)C2CC3C=CC2O3)CCCCC1. The standard InChI is InChI=1S/C16H24O4/c1-2-16(8-4-3-5-9-16)19-11-18-15(17)13-10-12-6-7-14(13)20-12/h6-7,12-14H,2-5,8-11H2,1H3. The van der Waals surface area contributed by atoms with Gasteiger partial charge in [-0.1, -0.05) is 38.3 Å². The highest BCUT2D eigenvalue weighted by Crippen LogP contribution is 2.36. The number of hydrogen-bond acceptors (Lipinski definition) is 4. The van der Waals surface area contributed by atoms with Gasteiger partial charge in [0.1, 0.15) is 0 Å². The van der Waals surface area contributed by atoms with Crippen LogP contribution in [-0.4, -0.2) is 30.6 Å². The molecule has 2 fully saturated rings. The molecule has 20 heavy (non-hydrogen) atoms. The molecule has 0 N–H and O–H groups in total. The van der Waals surface area contributed by atoms with Gasteiger partial charge in [0.15, 0.2) is 6.79 Å². The summed E-state index contributed by atoms with van der Waals surface area (Å²) in [5.41, 5.74) is -0.0659. The van der Waals surface area contributed by atoms with Crippen LogP contribution >= 0.6 is 0 Å². The highest BCUT2D eigenvalue weighted by Gasteiger charge is 2.42. The summed E-state index contributed by atoms with van der Waals surface area (Å²) in [4.78, 5) is 12.1. The second kappa shape index (κ2) is 5.86. The van der Waals surface area contributed by atoms with Crippen molar-refractivity contribution in [1.29, 1.82) is 0 Å². The smallest absolute Gasteiger partial charge is 0.314 e. The Morgan fingerprint density at radius 1 is 1.30 bits per heavy atom. The normalized spacial score (nSPS) is 34.4. The zero-order chi connectivity index (χ0) is 14.0. The second-order valence-corrected chi connectivity index (χ2v) is 6.19. The minimum Gasteiger partial charge on any atom is -0.438 e. The van der Waals surface area contributed by atoms with E-state index in [1.165, 1.54) is 19.3 Å².